The maximum Gasteiger partial charge on any atom is 0.490 e. The van der Waals surface area contributed by atoms with Crippen LogP contribution in [0.25, 0.3) is 0 Å². The molecule has 2 aliphatic heterocycles. The first-order valence-electron chi connectivity index (χ1n) is 46.7. The number of aliphatic imine (C=N–C) groups is 2. The smallest absolute Gasteiger partial charge is 0.423 e. The van der Waals surface area contributed by atoms with E-state index in [1.807, 2.05) is 88.7 Å². The number of anilines is 4. The van der Waals surface area contributed by atoms with Gasteiger partial charge in [0.1, 0.15) is 28.9 Å². The van der Waals surface area contributed by atoms with E-state index in [9.17, 15) is 9.59 Å². The molecule has 23 heteroatoms. The fourth-order valence-corrected chi connectivity index (χ4v) is 26.6. The topological polar surface area (TPSA) is 184 Å². The van der Waals surface area contributed by atoms with E-state index in [1.165, 1.54) is 82.0 Å². The normalized spacial score (nSPS) is 13.7. The van der Waals surface area contributed by atoms with Gasteiger partial charge in [-0.05, 0) is 199 Å². The molecule has 18 aromatic rings. The van der Waals surface area contributed by atoms with Crippen molar-refractivity contribution >= 4 is 212 Å². The fraction of sp³-hybridized carbons (Fsp3) is 0.0909. The standard InChI is InChI=1S/C24H20Cl2N4O.C19H15Cl3N2O.4C18H15P.C5H7BN2O2.CH4.Pd/c25-16-6-9-21-18(12-16)23(15-5-10-22(27)28-13-15)29-20(24(31)30(21)17-7-8-17)11-14-3-1-2-4-19(14)26;20-12-5-8-17-14(10-12)18(22)23-16(19(25)24(17)13-6-7-13)9-11-3-1-2-4-15(11)21;4*1-4-10-16(11-5-1)19(17-12-6-2-7-13-17)18-14-8-3-9-15-18;7-5-2-1-4(3-8-5)6(9)10;;/h1-6,9-10,12-13,17,20H,7-8,11H2,(H2,27,28);1-5,8,10,13,16H,6-7,9H2;4*1-15H;1-3,9-10H,(H2,7,8);1H4;. The van der Waals surface area contributed by atoms with Crippen LogP contribution in [0.4, 0.5) is 23.0 Å². The van der Waals surface area contributed by atoms with Crippen molar-refractivity contribution in [2.45, 2.75) is 70.1 Å². The van der Waals surface area contributed by atoms with Gasteiger partial charge in [-0.15, -0.1) is 0 Å². The number of hydrogen-bond donors (Lipinski definition) is 4. The van der Waals surface area contributed by atoms with Crippen LogP contribution in [0.5, 0.6) is 0 Å². The largest absolute Gasteiger partial charge is 0.490 e. The molecule has 16 aromatic carbocycles. The number of carbonyl (C=O) groups excluding carboxylic acids is 2. The van der Waals surface area contributed by atoms with Crippen LogP contribution in [0.15, 0.2) is 496 Å². The number of nitrogens with zero attached hydrogens (tertiary/aromatic N) is 6. The Morgan fingerprint density at radius 2 is 0.556 bits per heavy atom. The van der Waals surface area contributed by atoms with Gasteiger partial charge in [0.2, 0.25) is 0 Å². The van der Waals surface area contributed by atoms with Crippen molar-refractivity contribution in [3.8, 4) is 0 Å². The maximum atomic E-state index is 13.7. The molecule has 2 saturated carbocycles. The minimum absolute atomic E-state index is 0. The van der Waals surface area contributed by atoms with Crippen molar-refractivity contribution < 1.29 is 40.1 Å². The first-order valence-corrected chi connectivity index (χ1v) is 54.0. The molecule has 0 bridgehead atoms. The summed E-state index contributed by atoms with van der Waals surface area (Å²) in [6.45, 7) is 0. The Hall–Kier alpha value is -12.5. The number of rotatable bonds is 20. The number of hydrogen-bond acceptors (Lipinski definition) is 10. The Morgan fingerprint density at radius 3 is 0.806 bits per heavy atom. The first kappa shape index (κ1) is 107. The van der Waals surface area contributed by atoms with Gasteiger partial charge < -0.3 is 31.3 Å². The second-order valence-electron chi connectivity index (χ2n) is 33.5. The average molecular weight is 2150 g/mol. The predicted octanol–water partition coefficient (Wildman–Crippen LogP) is 22.8. The molecule has 0 radical (unpaired) electrons. The summed E-state index contributed by atoms with van der Waals surface area (Å²) in [5.74, 6) is 0.725. The van der Waals surface area contributed by atoms with Gasteiger partial charge in [-0.25, -0.2) is 9.97 Å². The summed E-state index contributed by atoms with van der Waals surface area (Å²) in [5, 5.41) is 36.7. The fourth-order valence-electron chi connectivity index (χ4n) is 16.4. The second kappa shape index (κ2) is 54.5. The summed E-state index contributed by atoms with van der Waals surface area (Å²) in [4.78, 5) is 48.0. The van der Waals surface area contributed by atoms with Crippen molar-refractivity contribution in [1.82, 2.24) is 9.97 Å². The summed E-state index contributed by atoms with van der Waals surface area (Å²) >= 11 is 31.6. The van der Waals surface area contributed by atoms with E-state index in [1.54, 1.807) is 24.4 Å². The zero-order valence-electron chi connectivity index (χ0n) is 77.9. The van der Waals surface area contributed by atoms with E-state index >= 15 is 0 Å². The van der Waals surface area contributed by atoms with Crippen molar-refractivity contribution in [1.29, 1.82) is 0 Å². The third kappa shape index (κ3) is 29.4. The number of amides is 2. The SMILES string of the molecule is C.Nc1ccc(B(O)O)cn1.Nc1ccc(C2=NC(Cc3ccccc3Cl)C(=O)N(C3CC3)c3ccc(Cl)cc32)cn1.O=C1C(Cc2ccccc2Cl)N=C(Cl)c2cc(Cl)ccc2N1C1CC1.[Pd].c1ccc(P(c2ccccc2)c2ccccc2)cc1.c1ccc(P(c2ccccc2)c2ccccc2)cc1.c1ccc(P(c2ccccc2)c2ccccc2)cc1.c1ccc(P(c2ccccc2)c2ccccc2)cc1. The number of pyridine rings is 2. The van der Waals surface area contributed by atoms with Gasteiger partial charge in [-0.3, -0.25) is 19.6 Å². The molecule has 722 valence electrons. The van der Waals surface area contributed by atoms with Crippen LogP contribution < -0.4 is 90.4 Å². The zero-order chi connectivity index (χ0) is 98.3. The first-order chi connectivity index (χ1) is 69.5. The van der Waals surface area contributed by atoms with Crippen LogP contribution >= 0.6 is 89.7 Å². The van der Waals surface area contributed by atoms with Gasteiger partial charge in [-0.2, -0.15) is 0 Å². The molecule has 12 nitrogen and oxygen atoms in total. The van der Waals surface area contributed by atoms with Crippen molar-refractivity contribution in [2.75, 3.05) is 21.3 Å². The Morgan fingerprint density at radius 1 is 0.306 bits per heavy atom. The molecule has 22 rings (SSSR count). The minimum atomic E-state index is -1.46. The van der Waals surface area contributed by atoms with Crippen LogP contribution in [0.3, 0.4) is 0 Å². The van der Waals surface area contributed by atoms with Gasteiger partial charge in [0.25, 0.3) is 11.8 Å². The molecule has 6 N–H and O–H groups in total. The molecule has 2 fully saturated rings. The Balaban J connectivity index is 0.000000135. The van der Waals surface area contributed by atoms with Crippen LogP contribution in [0.1, 0.15) is 60.9 Å². The minimum Gasteiger partial charge on any atom is -0.423 e. The van der Waals surface area contributed by atoms with E-state index < -0.39 is 50.9 Å². The van der Waals surface area contributed by atoms with Crippen LogP contribution in [0.2, 0.25) is 20.1 Å². The van der Waals surface area contributed by atoms with Crippen molar-refractivity contribution in [3.05, 3.63) is 533 Å². The molecule has 4 heterocycles. The third-order valence-corrected chi connectivity index (χ3v) is 34.7. The van der Waals surface area contributed by atoms with E-state index in [4.69, 9.17) is 84.5 Å². The van der Waals surface area contributed by atoms with Gasteiger partial charge in [-0.1, -0.05) is 472 Å². The zero-order valence-corrected chi connectivity index (χ0v) is 86.8. The molecule has 2 aromatic heterocycles. The molecule has 2 unspecified atom stereocenters. The maximum absolute atomic E-state index is 13.7. The number of fused-ring (bicyclic) bond motifs is 2. The molecule has 2 atom stereocenters. The summed E-state index contributed by atoms with van der Waals surface area (Å²) < 4.78 is 0. The van der Waals surface area contributed by atoms with E-state index in [0.717, 1.165) is 59.3 Å². The molecule has 4 aliphatic rings. The van der Waals surface area contributed by atoms with Gasteiger partial charge in [0, 0.05) is 100.0 Å². The van der Waals surface area contributed by atoms with Crippen LogP contribution in [-0.4, -0.2) is 74.0 Å². The molecular weight excluding hydrogens is 2050 g/mol. The predicted molar refractivity (Wildman–Crippen MR) is 614 cm³/mol. The van der Waals surface area contributed by atoms with Crippen LogP contribution in [0, 0.1) is 0 Å². The Kier molecular flexibility index (Phi) is 40.6. The monoisotopic (exact) mass is 2150 g/mol. The Labute approximate surface area is 888 Å². The number of aromatic nitrogens is 2. The molecule has 144 heavy (non-hydrogen) atoms. The number of halogens is 5. The average Bonchev–Trinajstić information content (AvgIpc) is 1.60. The number of benzodiazepines with no additional fused rings is 2. The van der Waals surface area contributed by atoms with Crippen molar-refractivity contribution in [3.63, 3.8) is 0 Å². The molecule has 0 spiro atoms. The molecular formula is C121H106BCl5N8O4P4Pd. The molecule has 2 amide bonds. The van der Waals surface area contributed by atoms with Crippen molar-refractivity contribution in [2.24, 2.45) is 9.98 Å². The van der Waals surface area contributed by atoms with Gasteiger partial charge in [0.05, 0.1) is 17.1 Å². The van der Waals surface area contributed by atoms with E-state index in [-0.39, 0.29) is 51.7 Å². The number of carbonyl (C=O) groups is 2. The second-order valence-corrected chi connectivity index (χ2v) is 44.4. The number of nitrogen functional groups attached to an aromatic ring is 2. The number of nitrogens with two attached hydrogens (primary N) is 2. The Bertz CT molecular complexity index is 6280. The number of benzene rings is 16. The molecule has 2 aliphatic carbocycles. The van der Waals surface area contributed by atoms with E-state index in [2.05, 4.69) is 379 Å². The van der Waals surface area contributed by atoms with E-state index in [0.29, 0.717) is 66.5 Å². The summed E-state index contributed by atoms with van der Waals surface area (Å²) in [5.41, 5.74) is 17.8. The summed E-state index contributed by atoms with van der Waals surface area (Å²) in [7, 11) is -3.25. The van der Waals surface area contributed by atoms with Gasteiger partial charge >= 0.3 is 7.12 Å². The van der Waals surface area contributed by atoms with Gasteiger partial charge in [0.15, 0.2) is 0 Å². The molecule has 0 saturated heterocycles. The third-order valence-electron chi connectivity index (χ3n) is 23.4. The van der Waals surface area contributed by atoms with Crippen LogP contribution in [-0.2, 0) is 42.9 Å². The summed E-state index contributed by atoms with van der Waals surface area (Å²) in [6, 6.07) is 161. The quantitative estimate of drug-likeness (QED) is 0.0429. The summed E-state index contributed by atoms with van der Waals surface area (Å²) in [6.07, 6.45) is 7.77.